The molecule has 0 aliphatic carbocycles. The summed E-state index contributed by atoms with van der Waals surface area (Å²) in [6.07, 6.45) is -7.69. The predicted octanol–water partition coefficient (Wildman–Crippen LogP) is 3.86. The number of hydrogen-bond donors (Lipinski definition) is 2. The molecule has 1 amide bonds. The Labute approximate surface area is 183 Å². The van der Waals surface area contributed by atoms with Gasteiger partial charge in [0.1, 0.15) is 5.56 Å². The first-order valence-corrected chi connectivity index (χ1v) is 9.51. The summed E-state index contributed by atoms with van der Waals surface area (Å²) in [5.74, 6) is -1.10. The van der Waals surface area contributed by atoms with Crippen molar-refractivity contribution in [2.45, 2.75) is 12.3 Å². The van der Waals surface area contributed by atoms with Crippen LogP contribution in [0.15, 0.2) is 59.4 Å². The second-order valence-corrected chi connectivity index (χ2v) is 7.29. The van der Waals surface area contributed by atoms with Gasteiger partial charge in [0, 0.05) is 15.6 Å². The molecule has 2 N–H and O–H groups in total. The Kier molecular flexibility index (Phi) is 6.68. The molecule has 31 heavy (non-hydrogen) atoms. The number of halogens is 5. The van der Waals surface area contributed by atoms with Crippen molar-refractivity contribution in [2.75, 3.05) is 6.54 Å². The van der Waals surface area contributed by atoms with Gasteiger partial charge in [-0.25, -0.2) is 0 Å². The molecule has 0 spiro atoms. The van der Waals surface area contributed by atoms with Gasteiger partial charge in [-0.2, -0.15) is 23.0 Å². The first-order chi connectivity index (χ1) is 14.6. The summed E-state index contributed by atoms with van der Waals surface area (Å²) in [5.41, 5.74) is -0.395. The Bertz CT molecular complexity index is 1160. The number of benzene rings is 2. The largest absolute Gasteiger partial charge is 0.416 e. The van der Waals surface area contributed by atoms with Crippen molar-refractivity contribution in [2.24, 2.45) is 0 Å². The van der Waals surface area contributed by atoms with Gasteiger partial charge in [0.15, 0.2) is 6.10 Å². The number of aliphatic hydroxyl groups excluding tert-OH is 1. The van der Waals surface area contributed by atoms with Gasteiger partial charge in [-0.15, -0.1) is 0 Å². The number of nitrogens with one attached hydrogen (secondary N) is 1. The Morgan fingerprint density at radius 1 is 1.10 bits per heavy atom. The normalized spacial score (nSPS) is 12.5. The maximum absolute atomic E-state index is 12.9. The Balaban J connectivity index is 2.08. The van der Waals surface area contributed by atoms with Gasteiger partial charge in [0.25, 0.3) is 11.5 Å². The van der Waals surface area contributed by atoms with Gasteiger partial charge >= 0.3 is 6.18 Å². The maximum Gasteiger partial charge on any atom is 0.416 e. The second kappa shape index (κ2) is 9.09. The molecule has 3 rings (SSSR count). The average Bonchev–Trinajstić information content (AvgIpc) is 2.72. The monoisotopic (exact) mass is 471 g/mol. The van der Waals surface area contributed by atoms with E-state index in [1.807, 2.05) is 5.32 Å². The quantitative estimate of drug-likeness (QED) is 0.591. The van der Waals surface area contributed by atoms with Crippen molar-refractivity contribution in [3.63, 3.8) is 0 Å². The summed E-state index contributed by atoms with van der Waals surface area (Å²) in [7, 11) is 0. The third-order valence-electron chi connectivity index (χ3n) is 4.18. The molecular formula is C20H14Cl2F3N3O3. The fourth-order valence-corrected chi connectivity index (χ4v) is 2.91. The van der Waals surface area contributed by atoms with Crippen LogP contribution in [0.3, 0.4) is 0 Å². The number of alkyl halides is 3. The third-order valence-corrected chi connectivity index (χ3v) is 4.67. The number of hydrogen-bond acceptors (Lipinski definition) is 4. The van der Waals surface area contributed by atoms with Crippen molar-refractivity contribution < 1.29 is 23.1 Å². The molecule has 0 aliphatic heterocycles. The van der Waals surface area contributed by atoms with E-state index in [4.69, 9.17) is 28.3 Å². The molecular weight excluding hydrogens is 458 g/mol. The fraction of sp³-hybridized carbons (Fsp3) is 0.150. The molecule has 1 atom stereocenters. The zero-order valence-electron chi connectivity index (χ0n) is 15.5. The molecule has 6 nitrogen and oxygen atoms in total. The van der Waals surface area contributed by atoms with E-state index in [0.717, 1.165) is 10.7 Å². The SMILES string of the molecule is O=C(NC[C@H](O)C(F)(F)F)c1cc(-c2ccc(Cl)cc2)nn(-c2cccc(Cl)c2)c1=O. The van der Waals surface area contributed by atoms with Crippen molar-refractivity contribution in [3.8, 4) is 16.9 Å². The van der Waals surface area contributed by atoms with Gasteiger partial charge in [0.2, 0.25) is 0 Å². The summed E-state index contributed by atoms with van der Waals surface area (Å²) < 4.78 is 38.5. The zero-order chi connectivity index (χ0) is 22.8. The van der Waals surface area contributed by atoms with Crippen LogP contribution in [-0.2, 0) is 0 Å². The summed E-state index contributed by atoms with van der Waals surface area (Å²) in [4.78, 5) is 25.4. The molecule has 0 unspecified atom stereocenters. The Morgan fingerprint density at radius 3 is 2.39 bits per heavy atom. The van der Waals surface area contributed by atoms with Gasteiger partial charge in [-0.05, 0) is 36.4 Å². The van der Waals surface area contributed by atoms with E-state index < -0.39 is 35.9 Å². The third kappa shape index (κ3) is 5.43. The highest BCUT2D eigenvalue weighted by atomic mass is 35.5. The molecule has 0 saturated carbocycles. The molecule has 2 aromatic carbocycles. The predicted molar refractivity (Wildman–Crippen MR) is 110 cm³/mol. The van der Waals surface area contributed by atoms with Crippen LogP contribution < -0.4 is 10.9 Å². The number of aliphatic hydroxyl groups is 1. The van der Waals surface area contributed by atoms with E-state index in [2.05, 4.69) is 5.10 Å². The minimum Gasteiger partial charge on any atom is -0.382 e. The molecule has 0 aliphatic rings. The molecule has 1 heterocycles. The van der Waals surface area contributed by atoms with Crippen LogP contribution in [0.4, 0.5) is 13.2 Å². The van der Waals surface area contributed by atoms with E-state index >= 15 is 0 Å². The topological polar surface area (TPSA) is 84.2 Å². The Hall–Kier alpha value is -2.88. The molecule has 3 aromatic rings. The lowest BCUT2D eigenvalue weighted by Gasteiger charge is -2.15. The Morgan fingerprint density at radius 2 is 1.77 bits per heavy atom. The van der Waals surface area contributed by atoms with Crippen LogP contribution >= 0.6 is 23.2 Å². The maximum atomic E-state index is 12.9. The summed E-state index contributed by atoms with van der Waals surface area (Å²) in [6, 6.07) is 13.6. The number of carbonyl (C=O) groups is 1. The van der Waals surface area contributed by atoms with Crippen molar-refractivity contribution in [1.82, 2.24) is 15.1 Å². The number of aromatic nitrogens is 2. The van der Waals surface area contributed by atoms with E-state index in [1.54, 1.807) is 36.4 Å². The molecule has 1 aromatic heterocycles. The average molecular weight is 472 g/mol. The first-order valence-electron chi connectivity index (χ1n) is 8.75. The minimum atomic E-state index is -4.92. The van der Waals surface area contributed by atoms with Crippen LogP contribution in [0.5, 0.6) is 0 Å². The lowest BCUT2D eigenvalue weighted by atomic mass is 10.1. The van der Waals surface area contributed by atoms with Crippen molar-refractivity contribution in [3.05, 3.63) is 80.6 Å². The van der Waals surface area contributed by atoms with E-state index in [0.29, 0.717) is 15.6 Å². The number of rotatable bonds is 5. The second-order valence-electron chi connectivity index (χ2n) is 6.41. The van der Waals surface area contributed by atoms with Gasteiger partial charge in [-0.1, -0.05) is 41.4 Å². The zero-order valence-corrected chi connectivity index (χ0v) is 17.0. The van der Waals surface area contributed by atoms with Crippen LogP contribution in [0.25, 0.3) is 16.9 Å². The highest BCUT2D eigenvalue weighted by molar-refractivity contribution is 6.31. The number of nitrogens with zero attached hydrogens (tertiary/aromatic N) is 2. The fourth-order valence-electron chi connectivity index (χ4n) is 2.60. The van der Waals surface area contributed by atoms with Crippen LogP contribution in [0.2, 0.25) is 10.0 Å². The molecule has 162 valence electrons. The highest BCUT2D eigenvalue weighted by Crippen LogP contribution is 2.22. The van der Waals surface area contributed by atoms with E-state index in [9.17, 15) is 22.8 Å². The minimum absolute atomic E-state index is 0.192. The van der Waals surface area contributed by atoms with E-state index in [-0.39, 0.29) is 11.4 Å². The number of amides is 1. The first kappa shape index (κ1) is 22.8. The van der Waals surface area contributed by atoms with Crippen molar-refractivity contribution >= 4 is 29.1 Å². The van der Waals surface area contributed by atoms with Crippen LogP contribution in [-0.4, -0.2) is 39.6 Å². The van der Waals surface area contributed by atoms with Crippen molar-refractivity contribution in [1.29, 1.82) is 0 Å². The van der Waals surface area contributed by atoms with Gasteiger partial charge in [0.05, 0.1) is 17.9 Å². The summed E-state index contributed by atoms with van der Waals surface area (Å²) >= 11 is 11.9. The molecule has 0 bridgehead atoms. The molecule has 0 radical (unpaired) electrons. The summed E-state index contributed by atoms with van der Waals surface area (Å²) in [6.45, 7) is -1.11. The van der Waals surface area contributed by atoms with Crippen LogP contribution in [0.1, 0.15) is 10.4 Å². The lowest BCUT2D eigenvalue weighted by Crippen LogP contribution is -2.42. The molecule has 0 saturated heterocycles. The standard InChI is InChI=1S/C20H14Cl2F3N3O3/c21-12-6-4-11(5-7-12)16-9-15(18(30)26-10-17(29)20(23,24)25)19(31)28(27-16)14-3-1-2-13(22)8-14/h1-9,17,29H,10H2,(H,26,30)/t17-/m0/s1. The van der Waals surface area contributed by atoms with Crippen LogP contribution in [0, 0.1) is 0 Å². The summed E-state index contributed by atoms with van der Waals surface area (Å²) in [5, 5.41) is 16.0. The molecule has 11 heteroatoms. The van der Waals surface area contributed by atoms with Gasteiger partial charge in [-0.3, -0.25) is 9.59 Å². The number of carbonyl (C=O) groups excluding carboxylic acids is 1. The van der Waals surface area contributed by atoms with E-state index in [1.165, 1.54) is 12.1 Å². The highest BCUT2D eigenvalue weighted by Gasteiger charge is 2.38. The molecule has 0 fully saturated rings. The smallest absolute Gasteiger partial charge is 0.382 e. The lowest BCUT2D eigenvalue weighted by molar-refractivity contribution is -0.201. The van der Waals surface area contributed by atoms with Gasteiger partial charge < -0.3 is 10.4 Å².